The van der Waals surface area contributed by atoms with E-state index in [1.165, 1.54) is 17.7 Å². The van der Waals surface area contributed by atoms with E-state index in [1.807, 2.05) is 0 Å². The summed E-state index contributed by atoms with van der Waals surface area (Å²) in [5.74, 6) is -0.286. The zero-order valence-electron chi connectivity index (χ0n) is 10.8. The number of hydrogen-bond donors (Lipinski definition) is 1. The summed E-state index contributed by atoms with van der Waals surface area (Å²) in [4.78, 5) is 0. The Hall–Kier alpha value is -0.900. The molecule has 1 nitrogen and oxygen atoms in total. The topological polar surface area (TPSA) is 12.0 Å². The average molecular weight is 298 g/mol. The van der Waals surface area contributed by atoms with Crippen molar-refractivity contribution in [2.24, 2.45) is 0 Å². The molecule has 19 heavy (non-hydrogen) atoms. The number of nitrogens with one attached hydrogen (secondary N) is 1. The van der Waals surface area contributed by atoms with Crippen LogP contribution in [0.15, 0.2) is 35.0 Å². The Kier molecular flexibility index (Phi) is 5.37. The molecular weight excluding hydrogens is 281 g/mol. The Balaban J connectivity index is 2.07. The number of thiophene rings is 1. The van der Waals surface area contributed by atoms with Crippen LogP contribution in [0.3, 0.4) is 0 Å². The molecule has 0 saturated heterocycles. The highest BCUT2D eigenvalue weighted by molar-refractivity contribution is 7.07. The average Bonchev–Trinajstić information content (AvgIpc) is 2.86. The second-order valence-electron chi connectivity index (χ2n) is 4.53. The van der Waals surface area contributed by atoms with Gasteiger partial charge >= 0.3 is 0 Å². The minimum absolute atomic E-state index is 0.286. The lowest BCUT2D eigenvalue weighted by atomic mass is 10.0. The molecule has 2 aromatic rings. The summed E-state index contributed by atoms with van der Waals surface area (Å²) in [7, 11) is 0. The predicted octanol–water partition coefficient (Wildman–Crippen LogP) is 4.30. The van der Waals surface area contributed by atoms with E-state index in [4.69, 9.17) is 11.6 Å². The van der Waals surface area contributed by atoms with E-state index in [1.54, 1.807) is 17.4 Å². The van der Waals surface area contributed by atoms with Crippen molar-refractivity contribution in [1.29, 1.82) is 0 Å². The molecule has 1 atom stereocenters. The van der Waals surface area contributed by atoms with Crippen molar-refractivity contribution in [1.82, 2.24) is 5.32 Å². The molecule has 0 amide bonds. The van der Waals surface area contributed by atoms with Gasteiger partial charge in [-0.05, 0) is 59.5 Å². The first kappa shape index (κ1) is 14.5. The number of benzene rings is 1. The summed E-state index contributed by atoms with van der Waals surface area (Å²) >= 11 is 7.80. The normalized spacial score (nSPS) is 12.6. The monoisotopic (exact) mass is 297 g/mol. The van der Waals surface area contributed by atoms with Crippen molar-refractivity contribution in [2.75, 3.05) is 6.54 Å². The van der Waals surface area contributed by atoms with Crippen molar-refractivity contribution >= 4 is 22.9 Å². The van der Waals surface area contributed by atoms with Gasteiger partial charge in [-0.15, -0.1) is 0 Å². The minimum Gasteiger partial charge on any atom is -0.314 e. The maximum Gasteiger partial charge on any atom is 0.124 e. The number of likely N-dealkylation sites (N-methyl/N-ethyl adjacent to an activating group) is 1. The van der Waals surface area contributed by atoms with Crippen LogP contribution in [-0.4, -0.2) is 12.6 Å². The lowest BCUT2D eigenvalue weighted by molar-refractivity contribution is 0.521. The fraction of sp³-hybridized carbons (Fsp3) is 0.333. The molecule has 0 spiro atoms. The lowest BCUT2D eigenvalue weighted by Gasteiger charge is -2.18. The first-order chi connectivity index (χ1) is 9.19. The maximum absolute atomic E-state index is 13.0. The highest BCUT2D eigenvalue weighted by atomic mass is 35.5. The largest absolute Gasteiger partial charge is 0.314 e. The molecule has 0 radical (unpaired) electrons. The summed E-state index contributed by atoms with van der Waals surface area (Å²) in [5, 5.41) is 8.22. The van der Waals surface area contributed by atoms with Crippen LogP contribution < -0.4 is 5.32 Å². The van der Waals surface area contributed by atoms with Gasteiger partial charge in [0.15, 0.2) is 0 Å². The molecule has 4 heteroatoms. The molecule has 102 valence electrons. The van der Waals surface area contributed by atoms with Gasteiger partial charge in [0.05, 0.1) is 0 Å². The van der Waals surface area contributed by atoms with Crippen LogP contribution >= 0.6 is 22.9 Å². The summed E-state index contributed by atoms with van der Waals surface area (Å²) in [6.07, 6.45) is 1.77. The van der Waals surface area contributed by atoms with Crippen LogP contribution in [-0.2, 0) is 12.8 Å². The Morgan fingerprint density at radius 1 is 1.32 bits per heavy atom. The van der Waals surface area contributed by atoms with Crippen molar-refractivity contribution in [2.45, 2.75) is 25.8 Å². The molecule has 1 aromatic carbocycles. The highest BCUT2D eigenvalue weighted by Gasteiger charge is 2.12. The van der Waals surface area contributed by atoms with Crippen molar-refractivity contribution in [3.8, 4) is 0 Å². The summed E-state index contributed by atoms with van der Waals surface area (Å²) in [6, 6.07) is 7.08. The second-order valence-corrected chi connectivity index (χ2v) is 5.72. The molecule has 2 rings (SSSR count). The van der Waals surface area contributed by atoms with Crippen LogP contribution in [0, 0.1) is 5.82 Å². The standard InChI is InChI=1S/C15H17ClFNS/c1-2-18-14(7-11-5-6-19-10-11)8-12-3-4-13(17)9-15(12)16/h3-6,9-10,14,18H,2,7-8H2,1H3. The second kappa shape index (κ2) is 7.04. The molecule has 0 saturated carbocycles. The number of halogens is 2. The van der Waals surface area contributed by atoms with Crippen molar-refractivity contribution < 1.29 is 4.39 Å². The van der Waals surface area contributed by atoms with Crippen LogP contribution in [0.1, 0.15) is 18.1 Å². The van der Waals surface area contributed by atoms with E-state index < -0.39 is 0 Å². The fourth-order valence-electron chi connectivity index (χ4n) is 2.15. The first-order valence-electron chi connectivity index (χ1n) is 6.37. The van der Waals surface area contributed by atoms with Gasteiger partial charge in [0.2, 0.25) is 0 Å². The first-order valence-corrected chi connectivity index (χ1v) is 7.69. The van der Waals surface area contributed by atoms with Gasteiger partial charge in [-0.3, -0.25) is 0 Å². The summed E-state index contributed by atoms with van der Waals surface area (Å²) < 4.78 is 13.0. The van der Waals surface area contributed by atoms with Gasteiger partial charge in [-0.25, -0.2) is 4.39 Å². The van der Waals surface area contributed by atoms with Crippen LogP contribution in [0.25, 0.3) is 0 Å². The molecular formula is C15H17ClFNS. The predicted molar refractivity (Wildman–Crippen MR) is 80.6 cm³/mol. The molecule has 1 unspecified atom stereocenters. The number of hydrogen-bond acceptors (Lipinski definition) is 2. The minimum atomic E-state index is -0.286. The highest BCUT2D eigenvalue weighted by Crippen LogP contribution is 2.20. The Morgan fingerprint density at radius 2 is 2.16 bits per heavy atom. The van der Waals surface area contributed by atoms with Crippen LogP contribution in [0.4, 0.5) is 4.39 Å². The van der Waals surface area contributed by atoms with Gasteiger partial charge in [0.1, 0.15) is 5.82 Å². The molecule has 1 N–H and O–H groups in total. The Morgan fingerprint density at radius 3 is 2.79 bits per heavy atom. The SMILES string of the molecule is CCNC(Cc1ccsc1)Cc1ccc(F)cc1Cl. The number of rotatable bonds is 6. The molecule has 1 heterocycles. The molecule has 0 aliphatic rings. The van der Waals surface area contributed by atoms with Crippen LogP contribution in [0.2, 0.25) is 5.02 Å². The van der Waals surface area contributed by atoms with Crippen molar-refractivity contribution in [3.63, 3.8) is 0 Å². The van der Waals surface area contributed by atoms with Gasteiger partial charge in [-0.2, -0.15) is 11.3 Å². The van der Waals surface area contributed by atoms with E-state index in [0.29, 0.717) is 11.1 Å². The summed E-state index contributed by atoms with van der Waals surface area (Å²) in [6.45, 7) is 3.00. The third-order valence-corrected chi connectivity index (χ3v) is 4.12. The summed E-state index contributed by atoms with van der Waals surface area (Å²) in [5.41, 5.74) is 2.32. The molecule has 0 aliphatic carbocycles. The molecule has 0 fully saturated rings. The zero-order chi connectivity index (χ0) is 13.7. The van der Waals surface area contributed by atoms with Crippen LogP contribution in [0.5, 0.6) is 0 Å². The molecule has 0 aliphatic heterocycles. The van der Waals surface area contributed by atoms with Gasteiger partial charge in [0.25, 0.3) is 0 Å². The quantitative estimate of drug-likeness (QED) is 0.838. The van der Waals surface area contributed by atoms with E-state index in [9.17, 15) is 4.39 Å². The van der Waals surface area contributed by atoms with Gasteiger partial charge in [0, 0.05) is 11.1 Å². The Labute approximate surface area is 122 Å². The molecule has 0 bridgehead atoms. The van der Waals surface area contributed by atoms with Gasteiger partial charge in [-0.1, -0.05) is 24.6 Å². The molecule has 1 aromatic heterocycles. The maximum atomic E-state index is 13.0. The zero-order valence-corrected chi connectivity index (χ0v) is 12.4. The van der Waals surface area contributed by atoms with Crippen molar-refractivity contribution in [3.05, 3.63) is 57.0 Å². The third kappa shape index (κ3) is 4.30. The Bertz CT molecular complexity index is 513. The van der Waals surface area contributed by atoms with Gasteiger partial charge < -0.3 is 5.32 Å². The smallest absolute Gasteiger partial charge is 0.124 e. The fourth-order valence-corrected chi connectivity index (χ4v) is 3.08. The van der Waals surface area contributed by atoms with E-state index in [-0.39, 0.29) is 5.82 Å². The third-order valence-electron chi connectivity index (χ3n) is 3.04. The van der Waals surface area contributed by atoms with E-state index >= 15 is 0 Å². The van der Waals surface area contributed by atoms with E-state index in [2.05, 4.69) is 29.1 Å². The van der Waals surface area contributed by atoms with E-state index in [0.717, 1.165) is 24.9 Å². The lowest BCUT2D eigenvalue weighted by Crippen LogP contribution is -2.33.